The summed E-state index contributed by atoms with van der Waals surface area (Å²) in [4.78, 5) is 36.3. The smallest absolute Gasteiger partial charge is 0.335 e. The summed E-state index contributed by atoms with van der Waals surface area (Å²) in [7, 11) is 1.37. The molecule has 3 aromatic rings. The zero-order chi connectivity index (χ0) is 23.0. The number of hydrogen-bond acceptors (Lipinski definition) is 4. The van der Waals surface area contributed by atoms with Crippen LogP contribution < -0.4 is 16.1 Å². The van der Waals surface area contributed by atoms with Crippen molar-refractivity contribution in [1.82, 2.24) is 9.78 Å². The largest absolute Gasteiger partial charge is 0.478 e. The average molecular weight is 430 g/mol. The number of carboxylic acid groups (broad SMARTS) is 1. The monoisotopic (exact) mass is 430 g/mol. The van der Waals surface area contributed by atoms with E-state index in [4.69, 9.17) is 9.84 Å². The van der Waals surface area contributed by atoms with Gasteiger partial charge in [-0.05, 0) is 47.0 Å². The molecule has 32 heavy (non-hydrogen) atoms. The average Bonchev–Trinajstić information content (AvgIpc) is 3.31. The highest BCUT2D eigenvalue weighted by Crippen LogP contribution is 2.40. The summed E-state index contributed by atoms with van der Waals surface area (Å²) >= 11 is 0. The lowest BCUT2D eigenvalue weighted by Gasteiger charge is -2.16. The highest BCUT2D eigenvalue weighted by molar-refractivity contribution is 5.94. The number of H-pyrrole nitrogens is 1. The van der Waals surface area contributed by atoms with E-state index in [2.05, 4.69) is 11.7 Å². The Kier molecular flexibility index (Phi) is 5.40. The number of esters is 1. The summed E-state index contributed by atoms with van der Waals surface area (Å²) in [6, 6.07) is 13.8. The maximum atomic E-state index is 13.1. The highest BCUT2D eigenvalue weighted by Gasteiger charge is 2.31. The first-order chi connectivity index (χ1) is 15.3. The van der Waals surface area contributed by atoms with E-state index in [0.717, 1.165) is 16.7 Å². The molecular weight excluding hydrogens is 408 g/mol. The molecule has 7 heteroatoms. The van der Waals surface area contributed by atoms with Crippen molar-refractivity contribution in [2.75, 3.05) is 7.11 Å². The topological polar surface area (TPSA) is 101 Å². The molecule has 0 spiro atoms. The molecule has 0 fully saturated rings. The van der Waals surface area contributed by atoms with Gasteiger partial charge in [-0.15, -0.1) is 0 Å². The van der Waals surface area contributed by atoms with Crippen LogP contribution in [-0.2, 0) is 9.53 Å². The second kappa shape index (κ2) is 8.19. The maximum absolute atomic E-state index is 13.1. The van der Waals surface area contributed by atoms with Gasteiger partial charge in [0.15, 0.2) is 0 Å². The van der Waals surface area contributed by atoms with Crippen molar-refractivity contribution in [2.45, 2.75) is 12.8 Å². The highest BCUT2D eigenvalue weighted by atomic mass is 16.5. The second-order valence-corrected chi connectivity index (χ2v) is 7.69. The number of nitrogens with zero attached hydrogens (tertiary/aromatic N) is 1. The van der Waals surface area contributed by atoms with Gasteiger partial charge in [-0.1, -0.05) is 43.8 Å². The van der Waals surface area contributed by atoms with Crippen molar-refractivity contribution >= 4 is 30.2 Å². The van der Waals surface area contributed by atoms with Gasteiger partial charge in [-0.25, -0.2) is 9.48 Å². The summed E-state index contributed by atoms with van der Waals surface area (Å²) < 4.78 is 6.25. The fourth-order valence-electron chi connectivity index (χ4n) is 4.03. The Hall–Kier alpha value is -4.13. The minimum absolute atomic E-state index is 0.133. The van der Waals surface area contributed by atoms with Crippen molar-refractivity contribution in [3.63, 3.8) is 0 Å². The lowest BCUT2D eigenvalue weighted by Crippen LogP contribution is -2.33. The van der Waals surface area contributed by atoms with Crippen LogP contribution in [0.1, 0.15) is 34.3 Å². The first-order valence-electron chi connectivity index (χ1n) is 10.1. The van der Waals surface area contributed by atoms with Crippen LogP contribution in [0.15, 0.2) is 59.4 Å². The van der Waals surface area contributed by atoms with Gasteiger partial charge < -0.3 is 9.84 Å². The molecule has 1 aromatic heterocycles. The van der Waals surface area contributed by atoms with Crippen LogP contribution in [0.5, 0.6) is 0 Å². The number of carboxylic acids is 1. The van der Waals surface area contributed by atoms with Crippen LogP contribution in [-0.4, -0.2) is 33.9 Å². The molecule has 0 radical (unpaired) electrons. The number of benzene rings is 2. The van der Waals surface area contributed by atoms with E-state index in [1.165, 1.54) is 23.9 Å². The van der Waals surface area contributed by atoms with Crippen molar-refractivity contribution in [3.8, 4) is 5.69 Å². The lowest BCUT2D eigenvalue weighted by molar-refractivity contribution is -0.145. The Balaban J connectivity index is 1.81. The van der Waals surface area contributed by atoms with E-state index in [9.17, 15) is 14.4 Å². The summed E-state index contributed by atoms with van der Waals surface area (Å²) in [6.07, 6.45) is 3.75. The molecule has 162 valence electrons. The van der Waals surface area contributed by atoms with Crippen molar-refractivity contribution < 1.29 is 19.4 Å². The van der Waals surface area contributed by atoms with Crippen LogP contribution in [0.3, 0.4) is 0 Å². The van der Waals surface area contributed by atoms with Gasteiger partial charge in [0.05, 0.1) is 34.8 Å². The minimum Gasteiger partial charge on any atom is -0.478 e. The van der Waals surface area contributed by atoms with Gasteiger partial charge >= 0.3 is 11.9 Å². The van der Waals surface area contributed by atoms with Crippen LogP contribution in [0, 0.1) is 5.92 Å². The van der Waals surface area contributed by atoms with E-state index in [0.29, 0.717) is 16.3 Å². The molecular formula is C25H22N2O5. The number of carbonyl (C=O) groups is 2. The predicted molar refractivity (Wildman–Crippen MR) is 121 cm³/mol. The Bertz CT molecular complexity index is 1410. The Morgan fingerprint density at radius 2 is 1.88 bits per heavy atom. The Morgan fingerprint density at radius 3 is 2.53 bits per heavy atom. The summed E-state index contributed by atoms with van der Waals surface area (Å²) in [6.45, 7) is 5.79. The molecule has 7 nitrogen and oxygen atoms in total. The molecule has 4 rings (SSSR count). The number of methoxy groups -OCH3 is 1. The van der Waals surface area contributed by atoms with Crippen molar-refractivity contribution in [3.05, 3.63) is 92.2 Å². The third-order valence-corrected chi connectivity index (χ3v) is 5.78. The number of allylic oxidation sites excluding steroid dienone is 2. The molecule has 1 heterocycles. The molecule has 0 bridgehead atoms. The molecule has 2 aromatic carbocycles. The third-order valence-electron chi connectivity index (χ3n) is 5.78. The standard InChI is InChI=1S/C25H22N2O5/c1-14(25(31)32-3)21-12-17(19-6-4-5-7-20(19)21)13-22-15(2)26-27(23(22)28)18-10-8-16(9-11-18)24(29)30/h4-14,21,26H,2H2,1,3H3,(H,29,30). The normalized spacial score (nSPS) is 16.4. The van der Waals surface area contributed by atoms with E-state index >= 15 is 0 Å². The molecule has 2 unspecified atom stereocenters. The zero-order valence-electron chi connectivity index (χ0n) is 17.7. The lowest BCUT2D eigenvalue weighted by atomic mass is 9.89. The third kappa shape index (κ3) is 3.58. The number of nitrogens with one attached hydrogen (secondary N) is 1. The summed E-state index contributed by atoms with van der Waals surface area (Å²) in [5.74, 6) is -1.87. The second-order valence-electron chi connectivity index (χ2n) is 7.69. The van der Waals surface area contributed by atoms with Gasteiger partial charge in [-0.2, -0.15) is 0 Å². The number of hydrogen-bond donors (Lipinski definition) is 2. The fourth-order valence-corrected chi connectivity index (χ4v) is 4.03. The minimum atomic E-state index is -1.04. The Labute approximate surface area is 183 Å². The number of ether oxygens (including phenoxy) is 1. The van der Waals surface area contributed by atoms with E-state index in [1.807, 2.05) is 37.3 Å². The molecule has 0 aliphatic heterocycles. The maximum Gasteiger partial charge on any atom is 0.335 e. The van der Waals surface area contributed by atoms with Crippen LogP contribution in [0.25, 0.3) is 23.9 Å². The SMILES string of the molecule is C=c1[nH]n(-c2ccc(C(=O)O)cc2)c(=O)c1=CC1=CC(C(C)C(=O)OC)c2ccccc21. The number of rotatable bonds is 5. The van der Waals surface area contributed by atoms with Gasteiger partial charge in [0.25, 0.3) is 5.56 Å². The first-order valence-corrected chi connectivity index (χ1v) is 10.1. The number of aromatic amines is 1. The molecule has 1 aliphatic rings. The zero-order valence-corrected chi connectivity index (χ0v) is 17.7. The van der Waals surface area contributed by atoms with Gasteiger partial charge in [-0.3, -0.25) is 14.7 Å². The van der Waals surface area contributed by atoms with Crippen LogP contribution in [0.4, 0.5) is 0 Å². The summed E-state index contributed by atoms with van der Waals surface area (Å²) in [5, 5.41) is 12.8. The molecule has 0 saturated carbocycles. The van der Waals surface area contributed by atoms with E-state index < -0.39 is 5.97 Å². The van der Waals surface area contributed by atoms with Crippen molar-refractivity contribution in [2.24, 2.45) is 5.92 Å². The number of aromatic carboxylic acids is 1. The number of aromatic nitrogens is 2. The van der Waals surface area contributed by atoms with Gasteiger partial charge in [0.2, 0.25) is 0 Å². The quantitative estimate of drug-likeness (QED) is 0.604. The predicted octanol–water partition coefficient (Wildman–Crippen LogP) is 2.04. The van der Waals surface area contributed by atoms with Crippen molar-refractivity contribution in [1.29, 1.82) is 0 Å². The first kappa shape index (κ1) is 21.1. The van der Waals surface area contributed by atoms with Crippen LogP contribution >= 0.6 is 0 Å². The number of fused-ring (bicyclic) bond motifs is 1. The molecule has 0 amide bonds. The molecule has 2 N–H and O–H groups in total. The van der Waals surface area contributed by atoms with Gasteiger partial charge in [0, 0.05) is 5.92 Å². The van der Waals surface area contributed by atoms with E-state index in [1.54, 1.807) is 18.2 Å². The Morgan fingerprint density at radius 1 is 1.19 bits per heavy atom. The van der Waals surface area contributed by atoms with E-state index in [-0.39, 0.29) is 28.9 Å². The molecule has 1 aliphatic carbocycles. The van der Waals surface area contributed by atoms with Gasteiger partial charge in [0.1, 0.15) is 0 Å². The van der Waals surface area contributed by atoms with Crippen LogP contribution in [0.2, 0.25) is 0 Å². The summed E-state index contributed by atoms with van der Waals surface area (Å²) in [5.41, 5.74) is 3.11. The number of carbonyl (C=O) groups excluding carboxylic acids is 1. The molecule has 2 atom stereocenters. The fraction of sp³-hybridized carbons (Fsp3) is 0.160. The molecule has 0 saturated heterocycles.